The van der Waals surface area contributed by atoms with Gasteiger partial charge in [-0.2, -0.15) is 0 Å². The van der Waals surface area contributed by atoms with Gasteiger partial charge >= 0.3 is 0 Å². The summed E-state index contributed by atoms with van der Waals surface area (Å²) in [5, 5.41) is 7.85. The van der Waals surface area contributed by atoms with Crippen LogP contribution in [0.15, 0.2) is 0 Å². The molecule has 0 saturated heterocycles. The molecule has 4 heteroatoms. The number of nitrogens with two attached hydrogens (primary N) is 3. The molecule has 0 rings (SSSR count). The van der Waals surface area contributed by atoms with Crippen molar-refractivity contribution in [2.45, 2.75) is 5.97 Å². The van der Waals surface area contributed by atoms with Crippen molar-refractivity contribution in [3.63, 3.8) is 0 Å². The van der Waals surface area contributed by atoms with Crippen molar-refractivity contribution in [2.75, 3.05) is 0 Å². The van der Waals surface area contributed by atoms with Crippen molar-refractivity contribution in [3.8, 4) is 0 Å². The van der Waals surface area contributed by atoms with Crippen LogP contribution in [0.3, 0.4) is 0 Å². The zero-order chi connectivity index (χ0) is 4.50. The van der Waals surface area contributed by atoms with Crippen LogP contribution in [0.2, 0.25) is 0 Å². The van der Waals surface area contributed by atoms with E-state index in [1.54, 1.807) is 0 Å². The van der Waals surface area contributed by atoms with Gasteiger partial charge in [-0.1, -0.05) is 0 Å². The Morgan fingerprint density at radius 1 is 1.20 bits per heavy atom. The Balaban J connectivity index is 3.02. The highest BCUT2D eigenvalue weighted by Crippen LogP contribution is 1.53. The van der Waals surface area contributed by atoms with Gasteiger partial charge in [-0.05, 0) is 0 Å². The molecule has 0 aromatic rings. The number of hydrogen-bond acceptors (Lipinski definition) is 4. The monoisotopic (exact) mass is 77.1 g/mol. The largest absolute Gasteiger partial charge is 0.351 e. The van der Waals surface area contributed by atoms with Gasteiger partial charge in [-0.15, -0.1) is 0 Å². The molecule has 0 heterocycles. The molecule has 0 fully saturated rings. The molecule has 0 spiro atoms. The second kappa shape index (κ2) is 0.908. The van der Waals surface area contributed by atoms with Crippen LogP contribution in [0, 0.1) is 0 Å². The molecule has 0 aliphatic rings. The van der Waals surface area contributed by atoms with Crippen molar-refractivity contribution in [2.24, 2.45) is 17.2 Å². The lowest BCUT2D eigenvalue weighted by Crippen LogP contribution is -2.57. The zero-order valence-corrected chi connectivity index (χ0v) is 2.68. The summed E-state index contributed by atoms with van der Waals surface area (Å²) in [5.41, 5.74) is 13.4. The fourth-order valence-corrected chi connectivity index (χ4v) is 0. The third kappa shape index (κ3) is 508. The summed E-state index contributed by atoms with van der Waals surface area (Å²) in [5.74, 6) is -2.00. The van der Waals surface area contributed by atoms with Crippen molar-refractivity contribution in [1.29, 1.82) is 0 Å². The fraction of sp³-hybridized carbons (Fsp3) is 1.00. The summed E-state index contributed by atoms with van der Waals surface area (Å²) in [7, 11) is 0. The minimum Gasteiger partial charge on any atom is -0.351 e. The zero-order valence-electron chi connectivity index (χ0n) is 2.68. The smallest absolute Gasteiger partial charge is 0.225 e. The van der Waals surface area contributed by atoms with Gasteiger partial charge in [0.25, 0.3) is 0 Å². The standard InChI is InChI=1S/CH7N3O/c2-1(3,4)5/h5H,2-4H2. The summed E-state index contributed by atoms with van der Waals surface area (Å²) in [6.45, 7) is 0. The van der Waals surface area contributed by atoms with Crippen molar-refractivity contribution in [3.05, 3.63) is 0 Å². The van der Waals surface area contributed by atoms with E-state index < -0.39 is 5.97 Å². The summed E-state index contributed by atoms with van der Waals surface area (Å²) in [4.78, 5) is 0. The van der Waals surface area contributed by atoms with E-state index in [1.165, 1.54) is 0 Å². The maximum Gasteiger partial charge on any atom is 0.225 e. The number of hydrogen-bond donors (Lipinski definition) is 4. The van der Waals surface area contributed by atoms with E-state index in [9.17, 15) is 0 Å². The highest BCUT2D eigenvalue weighted by molar-refractivity contribution is 4.41. The summed E-state index contributed by atoms with van der Waals surface area (Å²) < 4.78 is 0. The highest BCUT2D eigenvalue weighted by Gasteiger charge is 1.98. The molecule has 4 nitrogen and oxygen atoms in total. The Morgan fingerprint density at radius 3 is 1.20 bits per heavy atom. The average molecular weight is 77.1 g/mol. The normalized spacial score (nSPS) is 12.0. The first kappa shape index (κ1) is 4.84. The Hall–Kier alpha value is -0.160. The van der Waals surface area contributed by atoms with E-state index in [0.717, 1.165) is 0 Å². The number of rotatable bonds is 0. The average Bonchev–Trinajstić information content (AvgIpc) is 0.722. The molecule has 0 atom stereocenters. The SMILES string of the molecule is NC(N)(N)O. The first-order chi connectivity index (χ1) is 2.00. The van der Waals surface area contributed by atoms with Crippen molar-refractivity contribution < 1.29 is 5.11 Å². The van der Waals surface area contributed by atoms with Crippen molar-refractivity contribution in [1.82, 2.24) is 0 Å². The van der Waals surface area contributed by atoms with Crippen LogP contribution in [0.1, 0.15) is 0 Å². The van der Waals surface area contributed by atoms with Gasteiger partial charge in [0.1, 0.15) is 0 Å². The van der Waals surface area contributed by atoms with E-state index >= 15 is 0 Å². The lowest BCUT2D eigenvalue weighted by molar-refractivity contribution is 0.0612. The Kier molecular flexibility index (Phi) is 0.879. The van der Waals surface area contributed by atoms with Crippen LogP contribution in [-0.4, -0.2) is 11.1 Å². The summed E-state index contributed by atoms with van der Waals surface area (Å²) >= 11 is 0. The first-order valence-electron chi connectivity index (χ1n) is 1.09. The molecule has 0 saturated carbocycles. The molecule has 0 aromatic heterocycles. The molecule has 0 aromatic carbocycles. The van der Waals surface area contributed by atoms with E-state index in [2.05, 4.69) is 17.2 Å². The molecular weight excluding hydrogens is 70.0 g/mol. The minimum absolute atomic E-state index is 2.00. The predicted octanol–water partition coefficient (Wildman–Crippen LogP) is -2.53. The predicted molar refractivity (Wildman–Crippen MR) is 17.5 cm³/mol. The lowest BCUT2D eigenvalue weighted by Gasteiger charge is -2.05. The molecule has 0 radical (unpaired) electrons. The Labute approximate surface area is 29.6 Å². The molecule has 7 N–H and O–H groups in total. The van der Waals surface area contributed by atoms with Gasteiger partial charge in [-0.3, -0.25) is 17.2 Å². The summed E-state index contributed by atoms with van der Waals surface area (Å²) in [6.07, 6.45) is 0. The van der Waals surface area contributed by atoms with E-state index in [0.29, 0.717) is 0 Å². The van der Waals surface area contributed by atoms with Gasteiger partial charge in [0.15, 0.2) is 0 Å². The second-order valence-corrected chi connectivity index (χ2v) is 0.887. The molecule has 0 bridgehead atoms. The van der Waals surface area contributed by atoms with E-state index in [-0.39, 0.29) is 0 Å². The molecule has 0 amide bonds. The van der Waals surface area contributed by atoms with Gasteiger partial charge < -0.3 is 5.11 Å². The third-order valence-corrected chi connectivity index (χ3v) is 0. The second-order valence-electron chi connectivity index (χ2n) is 0.887. The van der Waals surface area contributed by atoms with Gasteiger partial charge in [0, 0.05) is 0 Å². The minimum atomic E-state index is -2.00. The van der Waals surface area contributed by atoms with Gasteiger partial charge in [-0.25, -0.2) is 0 Å². The van der Waals surface area contributed by atoms with Crippen LogP contribution >= 0.6 is 0 Å². The molecular formula is CH7N3O. The van der Waals surface area contributed by atoms with Crippen LogP contribution in [0.25, 0.3) is 0 Å². The first-order valence-corrected chi connectivity index (χ1v) is 1.09. The molecule has 5 heavy (non-hydrogen) atoms. The van der Waals surface area contributed by atoms with Crippen LogP contribution in [0.4, 0.5) is 0 Å². The quantitative estimate of drug-likeness (QED) is 0.239. The van der Waals surface area contributed by atoms with Gasteiger partial charge in [0.05, 0.1) is 0 Å². The number of aliphatic hydroxyl groups is 1. The van der Waals surface area contributed by atoms with E-state index in [1.807, 2.05) is 0 Å². The van der Waals surface area contributed by atoms with Crippen LogP contribution in [-0.2, 0) is 0 Å². The maximum absolute atomic E-state index is 7.85. The Bertz CT molecular complexity index is 22.4. The maximum atomic E-state index is 7.85. The topological polar surface area (TPSA) is 98.3 Å². The Morgan fingerprint density at radius 2 is 1.20 bits per heavy atom. The fourth-order valence-electron chi connectivity index (χ4n) is 0. The van der Waals surface area contributed by atoms with Crippen molar-refractivity contribution >= 4 is 0 Å². The van der Waals surface area contributed by atoms with Gasteiger partial charge in [0.2, 0.25) is 5.97 Å². The molecule has 0 aliphatic carbocycles. The highest BCUT2D eigenvalue weighted by atomic mass is 16.3. The summed E-state index contributed by atoms with van der Waals surface area (Å²) in [6, 6.07) is 0. The van der Waals surface area contributed by atoms with E-state index in [4.69, 9.17) is 5.11 Å². The van der Waals surface area contributed by atoms with Crippen LogP contribution < -0.4 is 17.2 Å². The van der Waals surface area contributed by atoms with Crippen LogP contribution in [0.5, 0.6) is 0 Å². The lowest BCUT2D eigenvalue weighted by atomic mass is 10.9. The molecule has 0 aliphatic heterocycles. The third-order valence-electron chi connectivity index (χ3n) is 0. The molecule has 0 unspecified atom stereocenters. The molecule has 32 valence electrons.